The number of carboxylic acid groups (broad SMARTS) is 1. The molecule has 1 atom stereocenters. The molecule has 0 spiro atoms. The Labute approximate surface area is 138 Å². The van der Waals surface area contributed by atoms with E-state index in [4.69, 9.17) is 22.4 Å². The summed E-state index contributed by atoms with van der Waals surface area (Å²) < 4.78 is 2.40. The minimum absolute atomic E-state index is 0.0588. The second-order valence-electron chi connectivity index (χ2n) is 4.84. The van der Waals surface area contributed by atoms with Crippen molar-refractivity contribution < 1.29 is 9.90 Å². The Hall–Kier alpha value is -1.36. The molecule has 1 aliphatic heterocycles. The molecule has 8 nitrogen and oxygen atoms in total. The Bertz CT molecular complexity index is 720. The standard InChI is InChI=1S/C11H12ClIN6O2/c12-10-15-8(14)6-7(13)17-19(9(6)16-10)5-2-1-3-18(4-5)11(20)21/h5H,1-4H2,(H,20,21)(H2,14,15,16)/t5-/m1/s1. The smallest absolute Gasteiger partial charge is 0.407 e. The number of fused-ring (bicyclic) bond motifs is 1. The number of aromatic nitrogens is 4. The van der Waals surface area contributed by atoms with Gasteiger partial charge in [0.2, 0.25) is 5.28 Å². The fourth-order valence-electron chi connectivity index (χ4n) is 2.58. The Morgan fingerprint density at radius 2 is 2.24 bits per heavy atom. The number of amides is 1. The lowest BCUT2D eigenvalue weighted by Crippen LogP contribution is -2.40. The van der Waals surface area contributed by atoms with Crippen LogP contribution in [0.3, 0.4) is 0 Å². The second kappa shape index (κ2) is 5.44. The minimum Gasteiger partial charge on any atom is -0.465 e. The van der Waals surface area contributed by atoms with Crippen molar-refractivity contribution in [2.45, 2.75) is 18.9 Å². The highest BCUT2D eigenvalue weighted by atomic mass is 127. The highest BCUT2D eigenvalue weighted by Gasteiger charge is 2.28. The van der Waals surface area contributed by atoms with E-state index in [1.54, 1.807) is 4.68 Å². The first-order valence-electron chi connectivity index (χ1n) is 6.32. The summed E-state index contributed by atoms with van der Waals surface area (Å²) in [6.45, 7) is 0.920. The molecule has 3 heterocycles. The summed E-state index contributed by atoms with van der Waals surface area (Å²) in [5.74, 6) is 0.284. The number of nitrogens with two attached hydrogens (primary N) is 1. The summed E-state index contributed by atoms with van der Waals surface area (Å²) in [5.41, 5.74) is 6.43. The van der Waals surface area contributed by atoms with E-state index in [-0.39, 0.29) is 17.1 Å². The van der Waals surface area contributed by atoms with Crippen LogP contribution in [0, 0.1) is 3.70 Å². The predicted octanol–water partition coefficient (Wildman–Crippen LogP) is 1.98. The third-order valence-corrected chi connectivity index (χ3v) is 4.45. The monoisotopic (exact) mass is 422 g/mol. The highest BCUT2D eigenvalue weighted by molar-refractivity contribution is 14.1. The quantitative estimate of drug-likeness (QED) is 0.537. The summed E-state index contributed by atoms with van der Waals surface area (Å²) in [6.07, 6.45) is 0.694. The molecule has 0 aliphatic carbocycles. The normalized spacial score (nSPS) is 19.1. The van der Waals surface area contributed by atoms with Gasteiger partial charge in [0, 0.05) is 13.1 Å². The van der Waals surface area contributed by atoms with Gasteiger partial charge in [0.25, 0.3) is 0 Å². The van der Waals surface area contributed by atoms with Gasteiger partial charge in [-0.05, 0) is 47.0 Å². The maximum atomic E-state index is 11.1. The van der Waals surface area contributed by atoms with Crippen LogP contribution in [0.25, 0.3) is 11.0 Å². The first-order valence-corrected chi connectivity index (χ1v) is 7.77. The van der Waals surface area contributed by atoms with Crippen LogP contribution < -0.4 is 5.73 Å². The Morgan fingerprint density at radius 3 is 2.95 bits per heavy atom. The van der Waals surface area contributed by atoms with Gasteiger partial charge < -0.3 is 15.7 Å². The van der Waals surface area contributed by atoms with Crippen molar-refractivity contribution in [3.63, 3.8) is 0 Å². The second-order valence-corrected chi connectivity index (χ2v) is 6.20. The average Bonchev–Trinajstić information content (AvgIpc) is 2.76. The molecule has 1 aliphatic rings. The molecule has 1 amide bonds. The van der Waals surface area contributed by atoms with Gasteiger partial charge >= 0.3 is 6.09 Å². The number of nitrogen functional groups attached to an aromatic ring is 1. The highest BCUT2D eigenvalue weighted by Crippen LogP contribution is 2.30. The van der Waals surface area contributed by atoms with E-state index in [1.165, 1.54) is 4.90 Å². The molecular formula is C11H12ClIN6O2. The Kier molecular flexibility index (Phi) is 3.78. The minimum atomic E-state index is -0.918. The zero-order valence-electron chi connectivity index (χ0n) is 10.8. The van der Waals surface area contributed by atoms with E-state index in [1.807, 2.05) is 0 Å². The van der Waals surface area contributed by atoms with Crippen LogP contribution in [0.1, 0.15) is 18.9 Å². The fraction of sp³-hybridized carbons (Fsp3) is 0.455. The van der Waals surface area contributed by atoms with Gasteiger partial charge in [0.15, 0.2) is 5.65 Å². The number of hydrogen-bond donors (Lipinski definition) is 2. The molecule has 0 unspecified atom stereocenters. The Morgan fingerprint density at radius 1 is 1.48 bits per heavy atom. The molecule has 0 aromatic carbocycles. The van der Waals surface area contributed by atoms with Gasteiger partial charge in [-0.2, -0.15) is 10.1 Å². The van der Waals surface area contributed by atoms with Crippen LogP contribution >= 0.6 is 34.2 Å². The molecule has 21 heavy (non-hydrogen) atoms. The molecule has 112 valence electrons. The van der Waals surface area contributed by atoms with E-state index >= 15 is 0 Å². The van der Waals surface area contributed by atoms with Gasteiger partial charge in [-0.3, -0.25) is 0 Å². The first-order chi connectivity index (χ1) is 9.97. The van der Waals surface area contributed by atoms with Crippen molar-refractivity contribution in [3.8, 4) is 0 Å². The number of nitrogens with zero attached hydrogens (tertiary/aromatic N) is 5. The molecule has 0 saturated carbocycles. The van der Waals surface area contributed by atoms with E-state index in [9.17, 15) is 4.79 Å². The molecule has 10 heteroatoms. The Balaban J connectivity index is 2.06. The first kappa shape index (κ1) is 14.6. The third kappa shape index (κ3) is 2.59. The summed E-state index contributed by atoms with van der Waals surface area (Å²) in [6, 6.07) is -0.0776. The summed E-state index contributed by atoms with van der Waals surface area (Å²) in [4.78, 5) is 20.7. The van der Waals surface area contributed by atoms with Crippen molar-refractivity contribution in [3.05, 3.63) is 8.98 Å². The van der Waals surface area contributed by atoms with Gasteiger partial charge in [0.05, 0.1) is 11.4 Å². The molecule has 3 rings (SSSR count). The SMILES string of the molecule is Nc1nc(Cl)nc2c1c(I)nn2[C@@H]1CCCN(C(=O)O)C1. The molecule has 1 fully saturated rings. The third-order valence-electron chi connectivity index (χ3n) is 3.52. The lowest BCUT2D eigenvalue weighted by Gasteiger charge is -2.30. The summed E-state index contributed by atoms with van der Waals surface area (Å²) >= 11 is 7.94. The molecule has 3 N–H and O–H groups in total. The number of anilines is 1. The largest absolute Gasteiger partial charge is 0.465 e. The molecule has 0 bridgehead atoms. The predicted molar refractivity (Wildman–Crippen MR) is 85.3 cm³/mol. The van der Waals surface area contributed by atoms with Crippen LogP contribution in [0.2, 0.25) is 5.28 Å². The lowest BCUT2D eigenvalue weighted by atomic mass is 10.1. The number of likely N-dealkylation sites (tertiary alicyclic amines) is 1. The van der Waals surface area contributed by atoms with Gasteiger partial charge in [0.1, 0.15) is 9.52 Å². The zero-order chi connectivity index (χ0) is 15.1. The molecule has 0 radical (unpaired) electrons. The molecule has 2 aromatic rings. The number of piperidine rings is 1. The van der Waals surface area contributed by atoms with Crippen LogP contribution in [0.4, 0.5) is 10.6 Å². The van der Waals surface area contributed by atoms with Gasteiger partial charge in [-0.15, -0.1) is 0 Å². The molecule has 1 saturated heterocycles. The maximum absolute atomic E-state index is 11.1. The van der Waals surface area contributed by atoms with Crippen LogP contribution in [-0.4, -0.2) is 48.9 Å². The van der Waals surface area contributed by atoms with Crippen molar-refractivity contribution >= 4 is 57.1 Å². The van der Waals surface area contributed by atoms with Crippen molar-refractivity contribution in [2.24, 2.45) is 0 Å². The van der Waals surface area contributed by atoms with E-state index in [0.717, 1.165) is 12.8 Å². The van der Waals surface area contributed by atoms with Crippen LogP contribution in [0.5, 0.6) is 0 Å². The van der Waals surface area contributed by atoms with Crippen molar-refractivity contribution in [1.29, 1.82) is 0 Å². The van der Waals surface area contributed by atoms with Gasteiger partial charge in [-0.25, -0.2) is 14.5 Å². The molecular weight excluding hydrogens is 411 g/mol. The lowest BCUT2D eigenvalue weighted by molar-refractivity contribution is 0.120. The average molecular weight is 423 g/mol. The maximum Gasteiger partial charge on any atom is 0.407 e. The van der Waals surface area contributed by atoms with Crippen LogP contribution in [0.15, 0.2) is 0 Å². The fourth-order valence-corrected chi connectivity index (χ4v) is 3.50. The molecule has 2 aromatic heterocycles. The summed E-state index contributed by atoms with van der Waals surface area (Å²) in [5, 5.41) is 14.3. The number of rotatable bonds is 1. The number of carbonyl (C=O) groups is 1. The van der Waals surface area contributed by atoms with Crippen molar-refractivity contribution in [1.82, 2.24) is 24.6 Å². The van der Waals surface area contributed by atoms with Crippen LogP contribution in [-0.2, 0) is 0 Å². The van der Waals surface area contributed by atoms with Gasteiger partial charge in [-0.1, -0.05) is 0 Å². The zero-order valence-corrected chi connectivity index (χ0v) is 13.7. The number of hydrogen-bond acceptors (Lipinski definition) is 5. The summed E-state index contributed by atoms with van der Waals surface area (Å²) in [7, 11) is 0. The van der Waals surface area contributed by atoms with E-state index in [2.05, 4.69) is 37.7 Å². The van der Waals surface area contributed by atoms with E-state index in [0.29, 0.717) is 27.8 Å². The van der Waals surface area contributed by atoms with E-state index < -0.39 is 6.09 Å². The topological polar surface area (TPSA) is 110 Å². The number of halogens is 2. The van der Waals surface area contributed by atoms with Crippen molar-refractivity contribution in [2.75, 3.05) is 18.8 Å².